The van der Waals surface area contributed by atoms with Crippen LogP contribution in [0.15, 0.2) is 66.7 Å². The van der Waals surface area contributed by atoms with Crippen molar-refractivity contribution in [1.29, 1.82) is 0 Å². The summed E-state index contributed by atoms with van der Waals surface area (Å²) in [6, 6.07) is 19.6. The third-order valence-electron chi connectivity index (χ3n) is 7.11. The smallest absolute Gasteiger partial charge is 0.338 e. The van der Waals surface area contributed by atoms with Crippen LogP contribution in [0.3, 0.4) is 0 Å². The number of benzene rings is 3. The van der Waals surface area contributed by atoms with Crippen molar-refractivity contribution >= 4 is 11.7 Å². The van der Waals surface area contributed by atoms with Gasteiger partial charge in [-0.1, -0.05) is 55.8 Å². The van der Waals surface area contributed by atoms with Crippen LogP contribution in [0.4, 0.5) is 5.69 Å². The molecule has 1 saturated heterocycles. The van der Waals surface area contributed by atoms with E-state index in [1.807, 2.05) is 35.2 Å². The first-order valence-electron chi connectivity index (χ1n) is 12.4. The normalized spacial score (nSPS) is 22.3. The number of rotatable bonds is 8. The maximum Gasteiger partial charge on any atom is 0.338 e. The van der Waals surface area contributed by atoms with Gasteiger partial charge in [0.15, 0.2) is 6.23 Å². The Morgan fingerprint density at radius 1 is 1.08 bits per heavy atom. The largest absolute Gasteiger partial charge is 0.507 e. The molecule has 0 spiro atoms. The fourth-order valence-electron chi connectivity index (χ4n) is 5.24. The number of fused-ring (bicyclic) bond motifs is 3. The van der Waals surface area contributed by atoms with Crippen molar-refractivity contribution in [3.63, 3.8) is 0 Å². The zero-order valence-corrected chi connectivity index (χ0v) is 20.3. The zero-order chi connectivity index (χ0) is 25.3. The predicted molar refractivity (Wildman–Crippen MR) is 135 cm³/mol. The molecule has 0 aliphatic carbocycles. The highest BCUT2D eigenvalue weighted by Crippen LogP contribution is 2.52. The molecule has 3 atom stereocenters. The number of esters is 1. The number of aromatic hydroxyl groups is 2. The highest BCUT2D eigenvalue weighted by atomic mass is 16.6. The second-order valence-electron chi connectivity index (χ2n) is 9.52. The number of para-hydroxylation sites is 1. The van der Waals surface area contributed by atoms with E-state index in [-0.39, 0.29) is 31.1 Å². The number of anilines is 1. The molecule has 2 aliphatic heterocycles. The van der Waals surface area contributed by atoms with Crippen LogP contribution in [0.1, 0.15) is 53.2 Å². The Morgan fingerprint density at radius 2 is 1.83 bits per heavy atom. The Kier molecular flexibility index (Phi) is 6.60. The molecule has 0 aromatic heterocycles. The highest BCUT2D eigenvalue weighted by Gasteiger charge is 2.57. The molecule has 0 amide bonds. The number of phenols is 2. The minimum absolute atomic E-state index is 0.00550. The van der Waals surface area contributed by atoms with Crippen LogP contribution in [0.2, 0.25) is 0 Å². The lowest BCUT2D eigenvalue weighted by molar-refractivity contribution is -0.0510. The van der Waals surface area contributed by atoms with E-state index in [9.17, 15) is 20.1 Å². The summed E-state index contributed by atoms with van der Waals surface area (Å²) < 4.78 is 11.7. The standard InChI is InChI=1S/C29H31NO6/c1-2-3-9-19-14-15-25(31)22(26(19)32)17-30-24-13-8-7-12-23(24)29(34)16-21(36-28(29)30)18-35-27(33)20-10-5-4-6-11-20/h4-8,10-15,21,28,31-32,34H,2-3,9,16-18H2,1H3/t21-,28-,29+/m0/s1. The monoisotopic (exact) mass is 489 g/mol. The van der Waals surface area contributed by atoms with Crippen molar-refractivity contribution in [2.75, 3.05) is 11.5 Å². The van der Waals surface area contributed by atoms with Crippen LogP contribution in [0, 0.1) is 0 Å². The average molecular weight is 490 g/mol. The lowest BCUT2D eigenvalue weighted by Gasteiger charge is -2.30. The molecule has 3 N–H and O–H groups in total. The van der Waals surface area contributed by atoms with Crippen LogP contribution >= 0.6 is 0 Å². The van der Waals surface area contributed by atoms with Gasteiger partial charge in [0.1, 0.15) is 23.7 Å². The molecule has 188 valence electrons. The van der Waals surface area contributed by atoms with E-state index in [1.54, 1.807) is 36.4 Å². The van der Waals surface area contributed by atoms with Gasteiger partial charge in [-0.3, -0.25) is 0 Å². The van der Waals surface area contributed by atoms with Crippen molar-refractivity contribution in [2.45, 2.75) is 57.1 Å². The predicted octanol–water partition coefficient (Wildman–Crippen LogP) is 4.62. The number of aryl methyl sites for hydroxylation is 1. The number of unbranched alkanes of at least 4 members (excludes halogenated alkanes) is 1. The summed E-state index contributed by atoms with van der Waals surface area (Å²) in [5, 5.41) is 33.3. The van der Waals surface area contributed by atoms with Gasteiger partial charge in [0, 0.05) is 17.7 Å². The molecular weight excluding hydrogens is 458 g/mol. The Balaban J connectivity index is 1.39. The Labute approximate surface area is 210 Å². The van der Waals surface area contributed by atoms with Crippen LogP contribution in [0.5, 0.6) is 11.5 Å². The second-order valence-corrected chi connectivity index (χ2v) is 9.52. The molecule has 1 fully saturated rings. The minimum atomic E-state index is -1.31. The first kappa shape index (κ1) is 24.2. The van der Waals surface area contributed by atoms with Gasteiger partial charge in [-0.2, -0.15) is 0 Å². The number of aliphatic hydroxyl groups is 1. The zero-order valence-electron chi connectivity index (χ0n) is 20.3. The molecule has 36 heavy (non-hydrogen) atoms. The van der Waals surface area contributed by atoms with Crippen LogP contribution in [-0.4, -0.2) is 40.2 Å². The maximum absolute atomic E-state index is 12.4. The first-order chi connectivity index (χ1) is 17.4. The third-order valence-corrected chi connectivity index (χ3v) is 7.11. The molecule has 7 heteroatoms. The third kappa shape index (κ3) is 4.29. The first-order valence-corrected chi connectivity index (χ1v) is 12.4. The average Bonchev–Trinajstić information content (AvgIpc) is 3.34. The Hall–Kier alpha value is -3.55. The van der Waals surface area contributed by atoms with Gasteiger partial charge in [0.2, 0.25) is 0 Å². The Morgan fingerprint density at radius 3 is 2.61 bits per heavy atom. The van der Waals surface area contributed by atoms with Crippen molar-refractivity contribution in [1.82, 2.24) is 0 Å². The SMILES string of the molecule is CCCCc1ccc(O)c(CN2c3ccccc3[C@]3(O)C[C@@H](COC(=O)c4ccccc4)O[C@H]23)c1O. The molecule has 0 saturated carbocycles. The molecule has 0 radical (unpaired) electrons. The van der Waals surface area contributed by atoms with Gasteiger partial charge in [-0.05, 0) is 42.7 Å². The lowest BCUT2D eigenvalue weighted by Crippen LogP contribution is -2.41. The van der Waals surface area contributed by atoms with Gasteiger partial charge in [-0.25, -0.2) is 4.79 Å². The van der Waals surface area contributed by atoms with Gasteiger partial charge in [-0.15, -0.1) is 0 Å². The van der Waals surface area contributed by atoms with Crippen LogP contribution in [0.25, 0.3) is 0 Å². The molecular formula is C29H31NO6. The van der Waals surface area contributed by atoms with E-state index in [0.29, 0.717) is 23.1 Å². The quantitative estimate of drug-likeness (QED) is 0.397. The maximum atomic E-state index is 12.4. The van der Waals surface area contributed by atoms with E-state index in [2.05, 4.69) is 6.92 Å². The molecule has 3 aromatic carbocycles. The van der Waals surface area contributed by atoms with E-state index in [0.717, 1.165) is 24.1 Å². The minimum Gasteiger partial charge on any atom is -0.507 e. The summed E-state index contributed by atoms with van der Waals surface area (Å²) in [6.45, 7) is 2.25. The van der Waals surface area contributed by atoms with Gasteiger partial charge in [0.05, 0.1) is 23.8 Å². The number of ether oxygens (including phenoxy) is 2. The summed E-state index contributed by atoms with van der Waals surface area (Å²) in [6.07, 6.45) is 1.62. The number of phenolic OH excluding ortho intramolecular Hbond substituents is 2. The summed E-state index contributed by atoms with van der Waals surface area (Å²) >= 11 is 0. The molecule has 5 rings (SSSR count). The molecule has 2 aliphatic rings. The van der Waals surface area contributed by atoms with E-state index < -0.39 is 23.9 Å². The fourth-order valence-corrected chi connectivity index (χ4v) is 5.24. The van der Waals surface area contributed by atoms with Crippen molar-refractivity contribution < 1.29 is 29.6 Å². The number of carbonyl (C=O) groups excluding carboxylic acids is 1. The number of nitrogens with zero attached hydrogens (tertiary/aromatic N) is 1. The van der Waals surface area contributed by atoms with Crippen molar-refractivity contribution in [3.05, 3.63) is 89.0 Å². The van der Waals surface area contributed by atoms with Crippen molar-refractivity contribution in [2.24, 2.45) is 0 Å². The van der Waals surface area contributed by atoms with E-state index in [1.165, 1.54) is 0 Å². The molecule has 7 nitrogen and oxygen atoms in total. The Bertz CT molecular complexity index is 1250. The summed E-state index contributed by atoms with van der Waals surface area (Å²) in [5.41, 5.74) is 1.81. The number of carbonyl (C=O) groups is 1. The van der Waals surface area contributed by atoms with Crippen LogP contribution < -0.4 is 4.90 Å². The summed E-state index contributed by atoms with van der Waals surface area (Å²) in [4.78, 5) is 14.3. The molecule has 3 aromatic rings. The number of hydrogen-bond donors (Lipinski definition) is 3. The van der Waals surface area contributed by atoms with Gasteiger partial charge >= 0.3 is 5.97 Å². The lowest BCUT2D eigenvalue weighted by atomic mass is 9.91. The topological polar surface area (TPSA) is 99.5 Å². The summed E-state index contributed by atoms with van der Waals surface area (Å²) in [7, 11) is 0. The molecule has 2 heterocycles. The fraction of sp³-hybridized carbons (Fsp3) is 0.345. The van der Waals surface area contributed by atoms with E-state index >= 15 is 0 Å². The van der Waals surface area contributed by atoms with E-state index in [4.69, 9.17) is 9.47 Å². The highest BCUT2D eigenvalue weighted by molar-refractivity contribution is 5.89. The van der Waals surface area contributed by atoms with Gasteiger partial charge < -0.3 is 29.7 Å². The van der Waals surface area contributed by atoms with Crippen molar-refractivity contribution in [3.8, 4) is 11.5 Å². The number of hydrogen-bond acceptors (Lipinski definition) is 7. The molecule has 0 unspecified atom stereocenters. The van der Waals surface area contributed by atoms with Gasteiger partial charge in [0.25, 0.3) is 0 Å². The second kappa shape index (κ2) is 9.84. The van der Waals surface area contributed by atoms with Crippen LogP contribution in [-0.2, 0) is 28.0 Å². The molecule has 0 bridgehead atoms. The summed E-state index contributed by atoms with van der Waals surface area (Å²) in [5.74, 6) is -0.381.